The molecule has 136 heavy (non-hydrogen) atoms. The fourth-order valence-electron chi connectivity index (χ4n) is 9.90. The zero-order valence-corrected chi connectivity index (χ0v) is 113. The van der Waals surface area contributed by atoms with Crippen molar-refractivity contribution < 1.29 is 190 Å². The topological polar surface area (TPSA) is 661 Å². The van der Waals surface area contributed by atoms with Crippen LogP contribution in [0.5, 0.6) is 0 Å². The zero-order valence-electron chi connectivity index (χ0n) is 66.1. The summed E-state index contributed by atoms with van der Waals surface area (Å²) in [6.07, 6.45) is 10.7. The minimum Gasteiger partial charge on any atom is -0.748 e. The minimum atomic E-state index is -4.54. The molecule has 3 N–H and O–H groups in total. The number of benzene rings is 5. The zero-order chi connectivity index (χ0) is 104. The summed E-state index contributed by atoms with van der Waals surface area (Å²) in [5.41, 5.74) is -0.810. The third-order valence-electron chi connectivity index (χ3n) is 15.9. The first-order chi connectivity index (χ1) is 62.6. The molecule has 66 heteroatoms. The first kappa shape index (κ1) is 133. The lowest BCUT2D eigenvalue weighted by atomic mass is 9.97. The Labute approximate surface area is 1050 Å². The number of hydrogen-bond donors (Lipinski definition) is 3. The number of carbonyl (C=O) groups excluding carboxylic acids is 10. The minimum absolute atomic E-state index is 0.0381. The first-order valence-electron chi connectivity index (χ1n) is 35.3. The largest absolute Gasteiger partial charge is 0.748 e. The summed E-state index contributed by atoms with van der Waals surface area (Å²) in [5.74, 6) is -15.4. The van der Waals surface area contributed by atoms with Gasteiger partial charge in [-0.25, -0.2) is 99.6 Å². The number of hydrogen-bond acceptors (Lipinski definition) is 38. The van der Waals surface area contributed by atoms with E-state index in [1.165, 1.54) is 0 Å². The molecule has 0 radical (unpaired) electrons. The van der Waals surface area contributed by atoms with E-state index in [0.29, 0.717) is 69.5 Å². The van der Waals surface area contributed by atoms with Crippen LogP contribution in [-0.4, -0.2) is 238 Å². The van der Waals surface area contributed by atoms with Crippen LogP contribution in [0.2, 0.25) is 0 Å². The average Bonchev–Trinajstić information content (AvgIpc) is 0.935. The average molecular weight is 4240 g/mol. The molecule has 0 aromatic heterocycles. The number of carboxylic acid groups (broad SMARTS) is 3. The van der Waals surface area contributed by atoms with Gasteiger partial charge < -0.3 is 85.5 Å². The second-order valence-electron chi connectivity index (χ2n) is 25.2. The molecule has 0 amide bonds. The highest BCUT2D eigenvalue weighted by Gasteiger charge is 2.37. The highest BCUT2D eigenvalue weighted by Crippen LogP contribution is 2.40. The molecule has 0 heterocycles. The summed E-state index contributed by atoms with van der Waals surface area (Å²) in [6.45, 7) is -3.46. The van der Waals surface area contributed by atoms with Crippen molar-refractivity contribution in [2.75, 3.05) is 68.4 Å². The smallest absolute Gasteiger partial charge is 0.387 e. The number of ether oxygens (including phenoxy) is 10. The fourth-order valence-corrected chi connectivity index (χ4v) is 29.5. The van der Waals surface area contributed by atoms with Gasteiger partial charge in [-0.2, -0.15) is 0 Å². The van der Waals surface area contributed by atoms with E-state index in [9.17, 15) is 143 Å². The molecule has 0 saturated heterocycles. The molecule has 0 bridgehead atoms. The maximum Gasteiger partial charge on any atom is 0.387 e. The molecule has 0 atom stereocenters. The Morgan fingerprint density at radius 3 is 0.824 bits per heavy atom. The van der Waals surface area contributed by atoms with E-state index in [-0.39, 0.29) is 74.3 Å². The van der Waals surface area contributed by atoms with E-state index < -0.39 is 197 Å². The highest BCUT2D eigenvalue weighted by molar-refractivity contribution is 14.1. The van der Waals surface area contributed by atoms with Gasteiger partial charge in [-0.15, -0.1) is 0 Å². The quantitative estimate of drug-likeness (QED) is 0.00414. The number of aromatic carboxylic acids is 3. The molecule has 2 fully saturated rings. The summed E-state index contributed by atoms with van der Waals surface area (Å²) < 4.78 is 218. The van der Waals surface area contributed by atoms with Crippen molar-refractivity contribution in [2.24, 2.45) is 0 Å². The van der Waals surface area contributed by atoms with Crippen molar-refractivity contribution in [1.29, 1.82) is 0 Å². The van der Waals surface area contributed by atoms with Crippen LogP contribution in [0.3, 0.4) is 0 Å². The first-order valence-corrected chi connectivity index (χ1v) is 64.8. The Bertz CT molecular complexity index is 6260. The van der Waals surface area contributed by atoms with E-state index in [1.54, 1.807) is 57.2 Å². The van der Waals surface area contributed by atoms with Gasteiger partial charge in [-0.3, -0.25) is 4.79 Å². The summed E-state index contributed by atoms with van der Waals surface area (Å²) in [7, 11) is -22.6. The normalized spacial score (nSPS) is 12.7. The summed E-state index contributed by atoms with van der Waals surface area (Å²) in [4.78, 5) is 157. The van der Waals surface area contributed by atoms with E-state index in [0.717, 1.165) is 72.1 Å². The lowest BCUT2D eigenvalue weighted by molar-refractivity contribution is -0.144. The van der Waals surface area contributed by atoms with Crippen LogP contribution in [0, 0.1) is 83.4 Å². The van der Waals surface area contributed by atoms with Crippen LogP contribution in [-0.2, 0) is 112 Å². The molecule has 5 aromatic rings. The molecule has 41 nitrogen and oxygen atoms in total. The monoisotopic (exact) mass is 4240 g/mol. The molecule has 2 saturated carbocycles. The summed E-state index contributed by atoms with van der Waals surface area (Å²) in [6, 6.07) is 0. The number of esters is 10. The van der Waals surface area contributed by atoms with E-state index in [1.807, 2.05) is 316 Å². The summed E-state index contributed by atoms with van der Waals surface area (Å²) >= 11 is 39.0. The molecule has 750 valence electrons. The maximum absolute atomic E-state index is 12.9. The second-order valence-corrected chi connectivity index (χ2v) is 54.4. The van der Waals surface area contributed by atoms with Gasteiger partial charge >= 0.3 is 77.6 Å². The lowest BCUT2D eigenvalue weighted by Gasteiger charge is -2.23. The predicted molar refractivity (Wildman–Crippen MR) is 636 cm³/mol. The van der Waals surface area contributed by atoms with Gasteiger partial charge in [-0.1, -0.05) is 6.42 Å². The van der Waals surface area contributed by atoms with Gasteiger partial charge in [0.15, 0.2) is 0 Å². The van der Waals surface area contributed by atoms with Crippen molar-refractivity contribution in [3.63, 3.8) is 0 Å². The van der Waals surface area contributed by atoms with Gasteiger partial charge in [0.1, 0.15) is 64.2 Å². The molecule has 0 unspecified atom stereocenters. The van der Waals surface area contributed by atoms with E-state index in [2.05, 4.69) is 109 Å². The van der Waals surface area contributed by atoms with Crippen LogP contribution in [0.25, 0.3) is 0 Å². The Balaban J connectivity index is 0.000000438. The molecule has 0 aliphatic heterocycles. The van der Waals surface area contributed by atoms with Gasteiger partial charge in [0, 0.05) is 71.4 Å². The molecule has 0 spiro atoms. The van der Waals surface area contributed by atoms with Gasteiger partial charge in [0.05, 0.1) is 153 Å². The molecule has 2 aliphatic carbocycles. The van der Waals surface area contributed by atoms with Crippen LogP contribution in [0.1, 0.15) is 168 Å². The van der Waals surface area contributed by atoms with Gasteiger partial charge in [-0.05, 0) is 503 Å². The summed E-state index contributed by atoms with van der Waals surface area (Å²) in [5, 5.41) is 28.3. The van der Waals surface area contributed by atoms with Crippen LogP contribution in [0.15, 0.2) is 12.3 Å². The molecular formula is C70H49I20O41S5-5. The third-order valence-corrected chi connectivity index (χ3v) is 56.3. The lowest BCUT2D eigenvalue weighted by Crippen LogP contribution is -2.25. The Hall–Kier alpha value is 2.66. The Morgan fingerprint density at radius 2 is 0.529 bits per heavy atom. The highest BCUT2D eigenvalue weighted by atomic mass is 127. The van der Waals surface area contributed by atoms with Crippen LogP contribution >= 0.6 is 452 Å². The van der Waals surface area contributed by atoms with Gasteiger partial charge in [0.2, 0.25) is 0 Å². The number of carbonyl (C=O) groups is 13. The second kappa shape index (κ2) is 62.6. The Morgan fingerprint density at radius 1 is 0.294 bits per heavy atom. The van der Waals surface area contributed by atoms with Crippen LogP contribution in [0.4, 0.5) is 0 Å². The molecule has 7 rings (SSSR count). The molecular weight excluding hydrogens is 4200 g/mol. The maximum atomic E-state index is 12.9. The van der Waals surface area contributed by atoms with Gasteiger partial charge in [0.25, 0.3) is 0 Å². The van der Waals surface area contributed by atoms with Crippen molar-refractivity contribution in [2.45, 2.75) is 76.4 Å². The van der Waals surface area contributed by atoms with Crippen molar-refractivity contribution >= 4 is 580 Å². The van der Waals surface area contributed by atoms with Crippen molar-refractivity contribution in [3.8, 4) is 12.0 Å². The number of halogens is 20. The fraction of sp³-hybridized carbons (Fsp3) is 0.329. The van der Waals surface area contributed by atoms with E-state index >= 15 is 0 Å². The predicted octanol–water partition coefficient (Wildman–Crippen LogP) is 15.2. The van der Waals surface area contributed by atoms with E-state index in [4.69, 9.17) is 28.4 Å². The van der Waals surface area contributed by atoms with Crippen LogP contribution < -0.4 is 0 Å². The SMILES string of the molecule is O=C(/C=C/OC(=O)c1c(I)c(I)c(I)c(I)c1C(=O)O)OCCS(=O)(=O)[O-].O=C(C#COC(=O)c1c(I)c(I)c(I)c(I)c1C(=O)O)OCCS(=O)(=O)[O-].O=C(CCOC(=O)c1c(I)c(I)c(I)c(I)c1C(=O)O)OCCS(=O)(=O)[O-].O=C(OCCS(=O)(=O)[O-])c1c(I)c(I)c(I)c(I)c1C(=O)OC1CCCC1.O=C(OCCS(=O)(=O)[O-])c1c(I)c(I)c(I)c(I)c1C(=O)OC1CCCCC1. The third kappa shape index (κ3) is 44.2. The number of rotatable bonds is 32. The Kier molecular flexibility index (Phi) is 61.1. The molecule has 2 aliphatic rings. The molecule has 5 aromatic carbocycles. The number of carboxylic acids is 3. The van der Waals surface area contributed by atoms with Crippen molar-refractivity contribution in [3.05, 3.63) is 139 Å². The standard InChI is InChI=1S/C16H16I4O7S.C15H14I4O7S.C13H10I4O9S.C13H8I4O9S.C13H6I4O9S/c17-11-9(15(21)26-6-7-28(23,24)25)10(12(18)14(20)13(11)19)16(22)27-8-4-2-1-3-5-8;16-10-8(14(20)25-5-6-27(22,23)24)9(11(17)13(19)12(10)18)15(21)26-7-3-1-2-4-7;3*14-8-6(12(19)20)7(9(15)11(17)10(8)16)13(21)26-2-1-5(18)25-3-4-27(22,23)24/h8H,1-7H2,(H,23,24,25);7H,1-6H2,(H,22,23,24);1-4H2,(H,19,20)(H,22,23,24);1-2H,3-4H2,(H,19,20)(H,22,23,24);3-4H2,(H,19,20)(H,22,23,24)/p-5/b;;;2-1+;. The van der Waals surface area contributed by atoms with Crippen molar-refractivity contribution in [1.82, 2.24) is 0 Å².